The average molecular weight is 324 g/mol. The first-order valence-corrected chi connectivity index (χ1v) is 10.1. The molecule has 2 aliphatic carbocycles. The molecule has 0 aliphatic heterocycles. The lowest BCUT2D eigenvalue weighted by atomic mass is 9.89. The van der Waals surface area contributed by atoms with Gasteiger partial charge < -0.3 is 9.05 Å². The zero-order valence-electron chi connectivity index (χ0n) is 12.8. The van der Waals surface area contributed by atoms with Gasteiger partial charge in [-0.3, -0.25) is 4.57 Å². The van der Waals surface area contributed by atoms with Gasteiger partial charge in [-0.1, -0.05) is 0 Å². The van der Waals surface area contributed by atoms with Gasteiger partial charge in [0.1, 0.15) is 12.3 Å². The van der Waals surface area contributed by atoms with Crippen molar-refractivity contribution in [3.63, 3.8) is 0 Å². The Balaban J connectivity index is 1.63. The minimum atomic E-state index is -3.04. The van der Waals surface area contributed by atoms with Crippen LogP contribution in [0.1, 0.15) is 51.4 Å². The average Bonchev–Trinajstić information content (AvgIpc) is 2.46. The Hall–Kier alpha value is 0.01000. The highest BCUT2D eigenvalue weighted by Gasteiger charge is 2.27. The molecule has 2 saturated carbocycles. The molecule has 0 heterocycles. The van der Waals surface area contributed by atoms with E-state index >= 15 is 0 Å². The molecule has 0 atom stereocenters. The highest BCUT2D eigenvalue weighted by atomic mass is 31.2. The predicted octanol–water partition coefficient (Wildman–Crippen LogP) is 4.90. The summed E-state index contributed by atoms with van der Waals surface area (Å²) in [6.07, 6.45) is 4.12. The maximum Gasteiger partial charge on any atom is 0.327 e. The molecule has 0 aromatic carbocycles. The third-order valence-electron chi connectivity index (χ3n) is 4.64. The van der Waals surface area contributed by atoms with Gasteiger partial charge in [-0.05, 0) is 63.2 Å². The van der Waals surface area contributed by atoms with Crippen molar-refractivity contribution in [2.45, 2.75) is 63.7 Å². The lowest BCUT2D eigenvalue weighted by Gasteiger charge is -2.27. The van der Waals surface area contributed by atoms with E-state index in [0.717, 1.165) is 25.7 Å². The van der Waals surface area contributed by atoms with E-state index in [-0.39, 0.29) is 11.8 Å². The van der Waals surface area contributed by atoms with Crippen LogP contribution in [0.4, 0.5) is 8.78 Å². The molecule has 6 heteroatoms. The molecule has 0 spiro atoms. The summed E-state index contributed by atoms with van der Waals surface area (Å²) in [7, 11) is -3.04. The van der Waals surface area contributed by atoms with E-state index in [1.807, 2.05) is 0 Å². The summed E-state index contributed by atoms with van der Waals surface area (Å²) >= 11 is 0. The number of halogens is 2. The molecule has 2 rings (SSSR count). The zero-order valence-corrected chi connectivity index (χ0v) is 13.7. The minimum absolute atomic E-state index is 0.288. The van der Waals surface area contributed by atoms with Crippen molar-refractivity contribution in [1.29, 1.82) is 0 Å². The van der Waals surface area contributed by atoms with Crippen LogP contribution in [0, 0.1) is 11.8 Å². The molecule has 0 aromatic heterocycles. The van der Waals surface area contributed by atoms with E-state index in [2.05, 4.69) is 0 Å². The van der Waals surface area contributed by atoms with E-state index in [0.29, 0.717) is 38.9 Å². The molecular formula is C15H27F2O3P. The van der Waals surface area contributed by atoms with Crippen LogP contribution in [0.25, 0.3) is 0 Å². The number of rotatable bonds is 6. The number of hydrogen-bond acceptors (Lipinski definition) is 3. The largest absolute Gasteiger partial charge is 0.327 e. The third kappa shape index (κ3) is 6.33. The highest BCUT2D eigenvalue weighted by molar-refractivity contribution is 7.52. The highest BCUT2D eigenvalue weighted by Crippen LogP contribution is 2.46. The molecule has 21 heavy (non-hydrogen) atoms. The standard InChI is InChI=1S/C15H27F2O3P/c1-21(18,19-10-12-2-6-14(16)7-3-12)20-11-13-4-8-15(17)9-5-13/h12-15H,2-11H2,1H3. The lowest BCUT2D eigenvalue weighted by molar-refractivity contribution is 0.116. The summed E-state index contributed by atoms with van der Waals surface area (Å²) in [4.78, 5) is 0. The summed E-state index contributed by atoms with van der Waals surface area (Å²) in [6, 6.07) is 0. The van der Waals surface area contributed by atoms with Gasteiger partial charge in [-0.2, -0.15) is 0 Å². The summed E-state index contributed by atoms with van der Waals surface area (Å²) < 4.78 is 49.2. The maximum absolute atomic E-state index is 13.0. The Morgan fingerprint density at radius 3 is 1.48 bits per heavy atom. The van der Waals surface area contributed by atoms with Crippen LogP contribution in [0.3, 0.4) is 0 Å². The fourth-order valence-corrected chi connectivity index (χ4v) is 4.13. The molecule has 0 bridgehead atoms. The first-order chi connectivity index (χ1) is 9.94. The molecule has 0 radical (unpaired) electrons. The zero-order chi connectivity index (χ0) is 15.3. The van der Waals surface area contributed by atoms with Crippen LogP contribution >= 0.6 is 7.60 Å². The first kappa shape index (κ1) is 17.4. The van der Waals surface area contributed by atoms with Crippen LogP contribution in [0.5, 0.6) is 0 Å². The molecule has 0 unspecified atom stereocenters. The van der Waals surface area contributed by atoms with Gasteiger partial charge in [0.25, 0.3) is 0 Å². The second-order valence-corrected chi connectivity index (χ2v) is 8.66. The molecule has 0 amide bonds. The van der Waals surface area contributed by atoms with Crippen LogP contribution in [0.15, 0.2) is 0 Å². The van der Waals surface area contributed by atoms with Gasteiger partial charge >= 0.3 is 7.60 Å². The normalized spacial score (nSPS) is 37.1. The summed E-state index contributed by atoms with van der Waals surface area (Å²) in [5.41, 5.74) is 0. The second kappa shape index (κ2) is 8.03. The van der Waals surface area contributed by atoms with E-state index in [9.17, 15) is 13.3 Å². The van der Waals surface area contributed by atoms with Crippen LogP contribution < -0.4 is 0 Å². The van der Waals surface area contributed by atoms with Crippen molar-refractivity contribution in [3.05, 3.63) is 0 Å². The fourth-order valence-electron chi connectivity index (χ4n) is 3.10. The van der Waals surface area contributed by atoms with Crippen molar-refractivity contribution in [1.82, 2.24) is 0 Å². The van der Waals surface area contributed by atoms with Crippen LogP contribution in [0.2, 0.25) is 0 Å². The Morgan fingerprint density at radius 2 is 1.14 bits per heavy atom. The molecular weight excluding hydrogens is 297 g/mol. The van der Waals surface area contributed by atoms with Gasteiger partial charge in [0.05, 0.1) is 13.2 Å². The van der Waals surface area contributed by atoms with Gasteiger partial charge in [-0.15, -0.1) is 0 Å². The van der Waals surface area contributed by atoms with Crippen molar-refractivity contribution in [3.8, 4) is 0 Å². The molecule has 2 aliphatic rings. The van der Waals surface area contributed by atoms with E-state index in [1.54, 1.807) is 0 Å². The third-order valence-corrected chi connectivity index (χ3v) is 5.88. The second-order valence-electron chi connectivity index (χ2n) is 6.60. The first-order valence-electron chi connectivity index (χ1n) is 8.09. The topological polar surface area (TPSA) is 35.5 Å². The minimum Gasteiger partial charge on any atom is -0.308 e. The van der Waals surface area contributed by atoms with Gasteiger partial charge in [-0.25, -0.2) is 8.78 Å². The van der Waals surface area contributed by atoms with Crippen molar-refractivity contribution in [2.24, 2.45) is 11.8 Å². The quantitative estimate of drug-likeness (QED) is 0.652. The van der Waals surface area contributed by atoms with Gasteiger partial charge in [0.2, 0.25) is 0 Å². The van der Waals surface area contributed by atoms with E-state index < -0.39 is 19.9 Å². The van der Waals surface area contributed by atoms with Crippen LogP contribution in [-0.2, 0) is 13.6 Å². The van der Waals surface area contributed by atoms with Gasteiger partial charge in [0, 0.05) is 6.66 Å². The fraction of sp³-hybridized carbons (Fsp3) is 1.00. The molecule has 0 aromatic rings. The smallest absolute Gasteiger partial charge is 0.308 e. The predicted molar refractivity (Wildman–Crippen MR) is 79.1 cm³/mol. The number of hydrogen-bond donors (Lipinski definition) is 0. The lowest BCUT2D eigenvalue weighted by Crippen LogP contribution is -2.20. The van der Waals surface area contributed by atoms with E-state index in [4.69, 9.17) is 9.05 Å². The van der Waals surface area contributed by atoms with Crippen molar-refractivity contribution < 1.29 is 22.4 Å². The SMILES string of the molecule is CP(=O)(OCC1CCC(F)CC1)OCC1CCC(F)CC1. The Labute approximate surface area is 126 Å². The van der Waals surface area contributed by atoms with Crippen molar-refractivity contribution >= 4 is 7.60 Å². The molecule has 0 saturated heterocycles. The Kier molecular flexibility index (Phi) is 6.64. The maximum atomic E-state index is 13.0. The van der Waals surface area contributed by atoms with Crippen molar-refractivity contribution in [2.75, 3.05) is 19.9 Å². The molecule has 3 nitrogen and oxygen atoms in total. The molecule has 2 fully saturated rings. The van der Waals surface area contributed by atoms with Crippen LogP contribution in [-0.4, -0.2) is 32.2 Å². The number of alkyl halides is 2. The Bertz CT molecular complexity index is 321. The monoisotopic (exact) mass is 324 g/mol. The summed E-state index contributed by atoms with van der Waals surface area (Å²) in [6.45, 7) is 2.27. The summed E-state index contributed by atoms with van der Waals surface area (Å²) in [5.74, 6) is 0.576. The molecule has 124 valence electrons. The molecule has 0 N–H and O–H groups in total. The van der Waals surface area contributed by atoms with E-state index in [1.165, 1.54) is 6.66 Å². The Morgan fingerprint density at radius 1 is 0.810 bits per heavy atom. The summed E-state index contributed by atoms with van der Waals surface area (Å²) in [5, 5.41) is 0. The van der Waals surface area contributed by atoms with Gasteiger partial charge in [0.15, 0.2) is 0 Å².